The van der Waals surface area contributed by atoms with Crippen molar-refractivity contribution in [3.05, 3.63) is 96.1 Å². The molecule has 0 atom stereocenters. The minimum absolute atomic E-state index is 0.0239. The van der Waals surface area contributed by atoms with Crippen molar-refractivity contribution in [3.63, 3.8) is 0 Å². The Morgan fingerprint density at radius 3 is 2.61 bits per heavy atom. The van der Waals surface area contributed by atoms with Crippen molar-refractivity contribution in [2.75, 3.05) is 7.11 Å². The highest BCUT2D eigenvalue weighted by Crippen LogP contribution is 2.23. The van der Waals surface area contributed by atoms with Gasteiger partial charge in [-0.15, -0.1) is 0 Å². The van der Waals surface area contributed by atoms with Gasteiger partial charge in [-0.3, -0.25) is 9.59 Å². The molecule has 3 aromatic rings. The zero-order valence-corrected chi connectivity index (χ0v) is 21.7. The first-order chi connectivity index (χ1) is 17.3. The molecule has 1 aromatic heterocycles. The van der Waals surface area contributed by atoms with E-state index in [-0.39, 0.29) is 35.9 Å². The number of pyridine rings is 1. The fraction of sp³-hybridized carbons (Fsp3) is 0.200. The van der Waals surface area contributed by atoms with Gasteiger partial charge in [0.25, 0.3) is 11.5 Å². The number of hydrogen-bond acceptors (Lipinski definition) is 6. The summed E-state index contributed by atoms with van der Waals surface area (Å²) in [5.41, 5.74) is 3.53. The molecule has 0 bridgehead atoms. The zero-order chi connectivity index (χ0) is 26.2. The molecule has 0 saturated carbocycles. The Hall–Kier alpha value is -3.52. The first-order valence-corrected chi connectivity index (χ1v) is 11.7. The van der Waals surface area contributed by atoms with Gasteiger partial charge in [0.1, 0.15) is 36.4 Å². The number of carbonyl (C=O) groups is 1. The van der Waals surface area contributed by atoms with Gasteiger partial charge >= 0.3 is 0 Å². The summed E-state index contributed by atoms with van der Waals surface area (Å²) in [4.78, 5) is 25.1. The molecule has 186 valence electrons. The van der Waals surface area contributed by atoms with Crippen LogP contribution < -0.4 is 15.7 Å². The zero-order valence-electron chi connectivity index (χ0n) is 19.3. The van der Waals surface area contributed by atoms with E-state index in [1.165, 1.54) is 30.0 Å². The van der Waals surface area contributed by atoms with Crippen molar-refractivity contribution < 1.29 is 18.7 Å². The van der Waals surface area contributed by atoms with Crippen LogP contribution in [0.15, 0.2) is 56.8 Å². The van der Waals surface area contributed by atoms with Gasteiger partial charge in [0, 0.05) is 28.4 Å². The molecule has 8 nitrogen and oxygen atoms in total. The number of amides is 1. The summed E-state index contributed by atoms with van der Waals surface area (Å²) in [6.07, 6.45) is 1.42. The number of halogens is 3. The highest BCUT2D eigenvalue weighted by molar-refractivity contribution is 9.10. The van der Waals surface area contributed by atoms with Crippen molar-refractivity contribution >= 4 is 39.7 Å². The number of methoxy groups -OCH3 is 1. The third-order valence-electron chi connectivity index (χ3n) is 5.18. The minimum atomic E-state index is -0.586. The normalized spacial score (nSPS) is 10.9. The first kappa shape index (κ1) is 27.1. The molecular weight excluding hydrogens is 555 g/mol. The van der Waals surface area contributed by atoms with Crippen LogP contribution in [0.2, 0.25) is 5.02 Å². The van der Waals surface area contributed by atoms with E-state index in [0.29, 0.717) is 27.0 Å². The van der Waals surface area contributed by atoms with Gasteiger partial charge in [0.2, 0.25) is 0 Å². The summed E-state index contributed by atoms with van der Waals surface area (Å²) in [5, 5.41) is 13.6. The first-order valence-electron chi connectivity index (χ1n) is 10.5. The largest absolute Gasteiger partial charge is 0.489 e. The Morgan fingerprint density at radius 1 is 1.25 bits per heavy atom. The SMILES string of the molecule is COCc1c(Br)c(C)n(CC(=O)N/N=C\c2ccc(OCc3c(F)cccc3Cl)cc2)c(=O)c1C#N. The minimum Gasteiger partial charge on any atom is -0.489 e. The van der Waals surface area contributed by atoms with Gasteiger partial charge in [0.05, 0.1) is 17.8 Å². The lowest BCUT2D eigenvalue weighted by atomic mass is 10.1. The van der Waals surface area contributed by atoms with Crippen LogP contribution in [0.25, 0.3) is 0 Å². The van der Waals surface area contributed by atoms with Gasteiger partial charge in [-0.25, -0.2) is 9.82 Å². The maximum absolute atomic E-state index is 13.9. The van der Waals surface area contributed by atoms with E-state index >= 15 is 0 Å². The Balaban J connectivity index is 1.62. The molecule has 0 saturated heterocycles. The average Bonchev–Trinajstić information content (AvgIpc) is 2.86. The third-order valence-corrected chi connectivity index (χ3v) is 6.58. The summed E-state index contributed by atoms with van der Waals surface area (Å²) in [7, 11) is 1.46. The molecule has 36 heavy (non-hydrogen) atoms. The van der Waals surface area contributed by atoms with E-state index < -0.39 is 17.3 Å². The molecule has 0 fully saturated rings. The summed E-state index contributed by atoms with van der Waals surface area (Å²) >= 11 is 9.38. The number of ether oxygens (including phenoxy) is 2. The van der Waals surface area contributed by atoms with E-state index in [1.54, 1.807) is 37.3 Å². The number of nitrogens with one attached hydrogen (secondary N) is 1. The number of aromatic nitrogens is 1. The van der Waals surface area contributed by atoms with Crippen LogP contribution in [0.5, 0.6) is 5.75 Å². The number of carbonyl (C=O) groups excluding carboxylic acids is 1. The Bertz CT molecular complexity index is 1380. The topological polar surface area (TPSA) is 106 Å². The fourth-order valence-electron chi connectivity index (χ4n) is 3.28. The second-order valence-electron chi connectivity index (χ2n) is 7.54. The summed E-state index contributed by atoms with van der Waals surface area (Å²) in [6.45, 7) is 1.39. The lowest BCUT2D eigenvalue weighted by molar-refractivity contribution is -0.121. The second kappa shape index (κ2) is 12.4. The number of rotatable bonds is 9. The summed E-state index contributed by atoms with van der Waals surface area (Å²) in [5.74, 6) is -0.490. The molecule has 1 amide bonds. The molecule has 0 aliphatic rings. The predicted octanol–water partition coefficient (Wildman–Crippen LogP) is 4.46. The molecule has 0 aliphatic heterocycles. The van der Waals surface area contributed by atoms with Gasteiger partial charge < -0.3 is 14.0 Å². The Kier molecular flexibility index (Phi) is 9.36. The van der Waals surface area contributed by atoms with Crippen molar-refractivity contribution in [2.45, 2.75) is 26.7 Å². The van der Waals surface area contributed by atoms with Gasteiger partial charge in [0.15, 0.2) is 0 Å². The quantitative estimate of drug-likeness (QED) is 0.300. The van der Waals surface area contributed by atoms with E-state index in [1.807, 2.05) is 6.07 Å². The smallest absolute Gasteiger partial charge is 0.269 e. The van der Waals surface area contributed by atoms with Crippen LogP contribution in [0.3, 0.4) is 0 Å². The third kappa shape index (κ3) is 6.37. The highest BCUT2D eigenvalue weighted by atomic mass is 79.9. The molecule has 2 aromatic carbocycles. The van der Waals surface area contributed by atoms with Crippen LogP contribution in [0.4, 0.5) is 4.39 Å². The average molecular weight is 576 g/mol. The fourth-order valence-corrected chi connectivity index (χ4v) is 4.03. The number of hydrazone groups is 1. The second-order valence-corrected chi connectivity index (χ2v) is 8.74. The molecule has 11 heteroatoms. The maximum Gasteiger partial charge on any atom is 0.269 e. The van der Waals surface area contributed by atoms with Crippen molar-refractivity contribution in [1.29, 1.82) is 5.26 Å². The molecule has 0 aliphatic carbocycles. The van der Waals surface area contributed by atoms with Gasteiger partial charge in [-0.2, -0.15) is 10.4 Å². The monoisotopic (exact) mass is 574 g/mol. The van der Waals surface area contributed by atoms with E-state index in [4.69, 9.17) is 21.1 Å². The summed E-state index contributed by atoms with van der Waals surface area (Å²) in [6, 6.07) is 13.1. The lowest BCUT2D eigenvalue weighted by Crippen LogP contribution is -2.33. The number of nitriles is 1. The Morgan fingerprint density at radius 2 is 1.97 bits per heavy atom. The van der Waals surface area contributed by atoms with E-state index in [0.717, 1.165) is 0 Å². The van der Waals surface area contributed by atoms with Crippen LogP contribution >= 0.6 is 27.5 Å². The molecular formula is C25H21BrClFN4O4. The van der Waals surface area contributed by atoms with Crippen LogP contribution in [0, 0.1) is 24.1 Å². The lowest BCUT2D eigenvalue weighted by Gasteiger charge is -2.15. The number of hydrogen-bond donors (Lipinski definition) is 1. The number of nitrogens with zero attached hydrogens (tertiary/aromatic N) is 3. The highest BCUT2D eigenvalue weighted by Gasteiger charge is 2.19. The maximum atomic E-state index is 13.9. The van der Waals surface area contributed by atoms with Crippen LogP contribution in [-0.2, 0) is 29.3 Å². The molecule has 0 radical (unpaired) electrons. The molecule has 0 spiro atoms. The van der Waals surface area contributed by atoms with Crippen LogP contribution in [0.1, 0.15) is 27.9 Å². The van der Waals surface area contributed by atoms with Crippen LogP contribution in [-0.4, -0.2) is 23.8 Å². The Labute approximate surface area is 220 Å². The molecule has 1 N–H and O–H groups in total. The molecule has 1 heterocycles. The van der Waals surface area contributed by atoms with E-state index in [2.05, 4.69) is 26.5 Å². The number of benzene rings is 2. The van der Waals surface area contributed by atoms with Crippen molar-refractivity contribution in [3.8, 4) is 11.8 Å². The van der Waals surface area contributed by atoms with Gasteiger partial charge in [-0.1, -0.05) is 17.7 Å². The predicted molar refractivity (Wildman–Crippen MR) is 136 cm³/mol. The summed E-state index contributed by atoms with van der Waals surface area (Å²) < 4.78 is 26.2. The molecule has 3 rings (SSSR count). The standard InChI is InChI=1S/C25H21BrClFN4O4/c1-15-24(26)19(13-35-2)18(10-29)25(34)32(15)12-23(33)31-30-11-16-6-8-17(9-7-16)36-14-20-21(27)4-3-5-22(20)28/h3-9,11H,12-14H2,1-2H3,(H,31,33)/b30-11-. The van der Waals surface area contributed by atoms with Crippen molar-refractivity contribution in [2.24, 2.45) is 5.10 Å². The van der Waals surface area contributed by atoms with Crippen molar-refractivity contribution in [1.82, 2.24) is 9.99 Å². The van der Waals surface area contributed by atoms with E-state index in [9.17, 15) is 19.2 Å². The van der Waals surface area contributed by atoms with Gasteiger partial charge in [-0.05, 0) is 64.8 Å². The molecule has 0 unspecified atom stereocenters.